The highest BCUT2D eigenvalue weighted by atomic mass is 127. The first-order valence-corrected chi connectivity index (χ1v) is 4.15. The van der Waals surface area contributed by atoms with Crippen molar-refractivity contribution in [2.75, 3.05) is 0 Å². The van der Waals surface area contributed by atoms with Crippen molar-refractivity contribution >= 4 is 28.3 Å². The Morgan fingerprint density at radius 1 is 1.00 bits per heavy atom. The standard InChI is InChI=1S/C6F4IN3/c7-1-3(9)6(13-14-12)4(10)2(8)5(1)11. The van der Waals surface area contributed by atoms with Gasteiger partial charge in [0.05, 0.1) is 3.57 Å². The molecule has 0 bridgehead atoms. The Balaban J connectivity index is 3.67. The minimum Gasteiger partial charge on any atom is -0.203 e. The van der Waals surface area contributed by atoms with E-state index in [9.17, 15) is 17.6 Å². The van der Waals surface area contributed by atoms with Crippen LogP contribution in [0.3, 0.4) is 0 Å². The highest BCUT2D eigenvalue weighted by Crippen LogP contribution is 2.30. The summed E-state index contributed by atoms with van der Waals surface area (Å²) in [4.78, 5) is 2.05. The summed E-state index contributed by atoms with van der Waals surface area (Å²) in [6.07, 6.45) is 0. The minimum atomic E-state index is -1.70. The molecule has 0 fully saturated rings. The molecule has 0 amide bonds. The largest absolute Gasteiger partial charge is 0.203 e. The van der Waals surface area contributed by atoms with E-state index in [1.807, 2.05) is 4.91 Å². The number of halogens is 5. The lowest BCUT2D eigenvalue weighted by Gasteiger charge is -2.03. The van der Waals surface area contributed by atoms with E-state index in [4.69, 9.17) is 5.53 Å². The average Bonchev–Trinajstić information content (AvgIpc) is 2.19. The van der Waals surface area contributed by atoms with Crippen LogP contribution in [-0.4, -0.2) is 0 Å². The summed E-state index contributed by atoms with van der Waals surface area (Å²) < 4.78 is 50.4. The molecule has 0 heterocycles. The molecule has 74 valence electrons. The van der Waals surface area contributed by atoms with Gasteiger partial charge in [-0.25, -0.2) is 17.6 Å². The van der Waals surface area contributed by atoms with Crippen LogP contribution in [0.1, 0.15) is 0 Å². The Labute approximate surface area is 88.5 Å². The molecular formula is C6F4IN3. The first kappa shape index (κ1) is 11.1. The zero-order valence-electron chi connectivity index (χ0n) is 6.23. The van der Waals surface area contributed by atoms with E-state index in [1.54, 1.807) is 0 Å². The van der Waals surface area contributed by atoms with E-state index in [-0.39, 0.29) is 0 Å². The molecule has 0 saturated heterocycles. The molecular weight excluding hydrogens is 317 g/mol. The monoisotopic (exact) mass is 317 g/mol. The minimum absolute atomic E-state index is 0.825. The van der Waals surface area contributed by atoms with Crippen LogP contribution in [0.5, 0.6) is 0 Å². The summed E-state index contributed by atoms with van der Waals surface area (Å²) in [7, 11) is 0. The van der Waals surface area contributed by atoms with Crippen molar-refractivity contribution in [3.63, 3.8) is 0 Å². The summed E-state index contributed by atoms with van der Waals surface area (Å²) in [5.74, 6) is -6.56. The third kappa shape index (κ3) is 1.62. The van der Waals surface area contributed by atoms with Crippen molar-refractivity contribution in [1.29, 1.82) is 0 Å². The summed E-state index contributed by atoms with van der Waals surface area (Å²) in [6.45, 7) is 0. The van der Waals surface area contributed by atoms with Crippen LogP contribution in [0.25, 0.3) is 10.4 Å². The number of rotatable bonds is 1. The number of nitrogens with zero attached hydrogens (tertiary/aromatic N) is 3. The first-order valence-electron chi connectivity index (χ1n) is 3.07. The molecule has 0 aliphatic heterocycles. The van der Waals surface area contributed by atoms with Crippen molar-refractivity contribution in [3.8, 4) is 0 Å². The van der Waals surface area contributed by atoms with Gasteiger partial charge in [-0.1, -0.05) is 5.11 Å². The third-order valence-electron chi connectivity index (χ3n) is 1.33. The lowest BCUT2D eigenvalue weighted by Crippen LogP contribution is -1.99. The Hall–Kier alpha value is -1.02. The SMILES string of the molecule is [N-]=[N+]=Nc1c(F)c(F)c(I)c(F)c1F. The molecule has 0 aromatic heterocycles. The van der Waals surface area contributed by atoms with Crippen molar-refractivity contribution in [1.82, 2.24) is 0 Å². The summed E-state index contributed by atoms with van der Waals surface area (Å²) >= 11 is 1.10. The second kappa shape index (κ2) is 4.01. The van der Waals surface area contributed by atoms with Crippen LogP contribution in [0.15, 0.2) is 5.11 Å². The van der Waals surface area contributed by atoms with Crippen molar-refractivity contribution in [2.45, 2.75) is 0 Å². The first-order chi connectivity index (χ1) is 6.50. The predicted molar refractivity (Wildman–Crippen MR) is 47.8 cm³/mol. The highest BCUT2D eigenvalue weighted by molar-refractivity contribution is 14.1. The highest BCUT2D eigenvalue weighted by Gasteiger charge is 2.22. The van der Waals surface area contributed by atoms with Gasteiger partial charge >= 0.3 is 0 Å². The third-order valence-corrected chi connectivity index (χ3v) is 2.28. The molecule has 0 aliphatic carbocycles. The number of hydrogen-bond acceptors (Lipinski definition) is 1. The van der Waals surface area contributed by atoms with Crippen LogP contribution in [0.2, 0.25) is 0 Å². The summed E-state index contributed by atoms with van der Waals surface area (Å²) in [5.41, 5.74) is 6.60. The topological polar surface area (TPSA) is 48.8 Å². The van der Waals surface area contributed by atoms with E-state index in [0.717, 1.165) is 22.6 Å². The van der Waals surface area contributed by atoms with Crippen molar-refractivity contribution in [2.24, 2.45) is 5.11 Å². The molecule has 14 heavy (non-hydrogen) atoms. The summed E-state index contributed by atoms with van der Waals surface area (Å²) in [5, 5.41) is 2.52. The normalized spacial score (nSPS) is 9.79. The Morgan fingerprint density at radius 2 is 1.43 bits per heavy atom. The van der Waals surface area contributed by atoms with Gasteiger partial charge in [-0.05, 0) is 28.1 Å². The zero-order chi connectivity index (χ0) is 10.9. The molecule has 0 radical (unpaired) electrons. The smallest absolute Gasteiger partial charge is 0.175 e. The molecule has 1 aromatic rings. The molecule has 0 spiro atoms. The molecule has 1 rings (SSSR count). The Morgan fingerprint density at radius 3 is 1.79 bits per heavy atom. The van der Waals surface area contributed by atoms with Crippen molar-refractivity contribution in [3.05, 3.63) is 37.3 Å². The predicted octanol–water partition coefficient (Wildman–Crippen LogP) is 3.79. The van der Waals surface area contributed by atoms with Gasteiger partial charge in [0.2, 0.25) is 0 Å². The zero-order valence-corrected chi connectivity index (χ0v) is 8.39. The Bertz CT molecular complexity index is 412. The van der Waals surface area contributed by atoms with Crippen LogP contribution in [-0.2, 0) is 0 Å². The maximum absolute atomic E-state index is 12.8. The van der Waals surface area contributed by atoms with Gasteiger partial charge in [0.15, 0.2) is 23.3 Å². The molecule has 8 heteroatoms. The van der Waals surface area contributed by atoms with Gasteiger partial charge in [-0.15, -0.1) is 0 Å². The molecule has 3 nitrogen and oxygen atoms in total. The fraction of sp³-hybridized carbons (Fsp3) is 0. The maximum atomic E-state index is 12.8. The van der Waals surface area contributed by atoms with Gasteiger partial charge in [-0.2, -0.15) is 0 Å². The van der Waals surface area contributed by atoms with Gasteiger partial charge in [0.1, 0.15) is 5.69 Å². The number of hydrogen-bond donors (Lipinski definition) is 0. The lowest BCUT2D eigenvalue weighted by atomic mass is 10.2. The second-order valence-corrected chi connectivity index (χ2v) is 3.19. The quantitative estimate of drug-likeness (QED) is 0.144. The molecule has 1 aromatic carbocycles. The van der Waals surface area contributed by atoms with E-state index >= 15 is 0 Å². The molecule has 0 aliphatic rings. The van der Waals surface area contributed by atoms with Crippen LogP contribution in [0.4, 0.5) is 23.2 Å². The van der Waals surface area contributed by atoms with Crippen LogP contribution >= 0.6 is 22.6 Å². The number of benzene rings is 1. The van der Waals surface area contributed by atoms with Crippen molar-refractivity contribution < 1.29 is 17.6 Å². The number of azide groups is 1. The fourth-order valence-electron chi connectivity index (χ4n) is 0.726. The van der Waals surface area contributed by atoms with E-state index in [1.165, 1.54) is 0 Å². The van der Waals surface area contributed by atoms with E-state index in [0.29, 0.717) is 0 Å². The van der Waals surface area contributed by atoms with Crippen LogP contribution in [0, 0.1) is 26.8 Å². The van der Waals surface area contributed by atoms with Gasteiger partial charge in [0.25, 0.3) is 0 Å². The van der Waals surface area contributed by atoms with Gasteiger partial charge < -0.3 is 0 Å². The van der Waals surface area contributed by atoms with Gasteiger partial charge in [0, 0.05) is 4.91 Å². The lowest BCUT2D eigenvalue weighted by molar-refractivity contribution is 0.449. The van der Waals surface area contributed by atoms with Gasteiger partial charge in [-0.3, -0.25) is 0 Å². The average molecular weight is 317 g/mol. The van der Waals surface area contributed by atoms with E-state index < -0.39 is 32.5 Å². The molecule has 0 atom stereocenters. The Kier molecular flexibility index (Phi) is 3.17. The second-order valence-electron chi connectivity index (χ2n) is 2.11. The van der Waals surface area contributed by atoms with Crippen LogP contribution < -0.4 is 0 Å². The summed E-state index contributed by atoms with van der Waals surface area (Å²) in [6, 6.07) is 0. The molecule has 0 saturated carbocycles. The maximum Gasteiger partial charge on any atom is 0.175 e. The molecule has 0 unspecified atom stereocenters. The molecule has 0 N–H and O–H groups in total. The fourth-order valence-corrected chi connectivity index (χ4v) is 1.20. The van der Waals surface area contributed by atoms with E-state index in [2.05, 4.69) is 5.11 Å².